The second kappa shape index (κ2) is 5.90. The van der Waals surface area contributed by atoms with Crippen molar-refractivity contribution in [3.63, 3.8) is 0 Å². The number of hydrogen-bond donors (Lipinski definition) is 1. The molecule has 2 aromatic rings. The molecule has 1 unspecified atom stereocenters. The lowest BCUT2D eigenvalue weighted by Gasteiger charge is -2.23. The summed E-state index contributed by atoms with van der Waals surface area (Å²) in [7, 11) is -2.04. The van der Waals surface area contributed by atoms with Crippen molar-refractivity contribution in [3.8, 4) is 0 Å². The molecule has 0 aliphatic carbocycles. The van der Waals surface area contributed by atoms with E-state index in [1.54, 1.807) is 18.4 Å². The van der Waals surface area contributed by atoms with Crippen molar-refractivity contribution in [1.29, 1.82) is 0 Å². The number of likely N-dealkylation sites (N-methyl/N-ethyl adjacent to an activating group) is 1. The van der Waals surface area contributed by atoms with Gasteiger partial charge >= 0.3 is 0 Å². The summed E-state index contributed by atoms with van der Waals surface area (Å²) in [6, 6.07) is 6.31. The molecule has 2 rings (SSSR count). The van der Waals surface area contributed by atoms with Crippen molar-refractivity contribution >= 4 is 21.4 Å². The fourth-order valence-corrected chi connectivity index (χ4v) is 3.96. The summed E-state index contributed by atoms with van der Waals surface area (Å²) in [5.41, 5.74) is -0.321. The van der Waals surface area contributed by atoms with E-state index in [-0.39, 0.29) is 16.5 Å². The average Bonchev–Trinajstić information content (AvgIpc) is 2.91. The highest BCUT2D eigenvalue weighted by molar-refractivity contribution is 7.89. The van der Waals surface area contributed by atoms with Gasteiger partial charge in [0.15, 0.2) is 0 Å². The van der Waals surface area contributed by atoms with Gasteiger partial charge in [-0.1, -0.05) is 6.07 Å². The van der Waals surface area contributed by atoms with Crippen LogP contribution in [0.15, 0.2) is 45.5 Å². The maximum absolute atomic E-state index is 12.4. The minimum Gasteiger partial charge on any atom is -0.328 e. The van der Waals surface area contributed by atoms with Crippen LogP contribution in [-0.2, 0) is 16.4 Å². The number of aromatic amines is 1. The monoisotopic (exact) mass is 312 g/mol. The normalized spacial score (nSPS) is 13.6. The van der Waals surface area contributed by atoms with E-state index in [1.807, 2.05) is 24.4 Å². The highest BCUT2D eigenvalue weighted by Gasteiger charge is 2.25. The predicted octanol–water partition coefficient (Wildman–Crippen LogP) is 1.69. The second-order valence-electron chi connectivity index (χ2n) is 4.54. The molecule has 2 aromatic heterocycles. The Balaban J connectivity index is 2.20. The number of thiophene rings is 1. The number of sulfonamides is 1. The van der Waals surface area contributed by atoms with E-state index in [4.69, 9.17) is 0 Å². The largest absolute Gasteiger partial charge is 0.328 e. The molecule has 0 saturated carbocycles. The standard InChI is InChI=1S/C13H16N2O3S2/c1-10(8-11-4-3-7-19-11)15(2)20(17,18)12-5-6-13(16)14-9-12/h3-7,9-10H,8H2,1-2H3,(H,14,16). The molecule has 0 fully saturated rings. The Morgan fingerprint density at radius 2 is 2.10 bits per heavy atom. The molecule has 0 aromatic carbocycles. The van der Waals surface area contributed by atoms with Crippen LogP contribution >= 0.6 is 11.3 Å². The van der Waals surface area contributed by atoms with Crippen LogP contribution in [0.4, 0.5) is 0 Å². The Morgan fingerprint density at radius 3 is 2.65 bits per heavy atom. The summed E-state index contributed by atoms with van der Waals surface area (Å²) in [6.07, 6.45) is 1.89. The number of rotatable bonds is 5. The zero-order chi connectivity index (χ0) is 14.8. The number of nitrogens with one attached hydrogen (secondary N) is 1. The average molecular weight is 312 g/mol. The van der Waals surface area contributed by atoms with E-state index in [0.717, 1.165) is 4.88 Å². The van der Waals surface area contributed by atoms with E-state index in [0.29, 0.717) is 6.42 Å². The van der Waals surface area contributed by atoms with Crippen LogP contribution in [0.25, 0.3) is 0 Å². The maximum Gasteiger partial charge on any atom is 0.247 e. The summed E-state index contributed by atoms with van der Waals surface area (Å²) < 4.78 is 26.2. The van der Waals surface area contributed by atoms with E-state index < -0.39 is 10.0 Å². The predicted molar refractivity (Wildman–Crippen MR) is 79.5 cm³/mol. The molecule has 108 valence electrons. The third kappa shape index (κ3) is 3.17. The van der Waals surface area contributed by atoms with Crippen molar-refractivity contribution in [2.45, 2.75) is 24.3 Å². The molecule has 1 atom stereocenters. The van der Waals surface area contributed by atoms with Gasteiger partial charge in [-0.05, 0) is 30.9 Å². The summed E-state index contributed by atoms with van der Waals surface area (Å²) in [5.74, 6) is 0. The highest BCUT2D eigenvalue weighted by atomic mass is 32.2. The van der Waals surface area contributed by atoms with Gasteiger partial charge < -0.3 is 4.98 Å². The molecule has 5 nitrogen and oxygen atoms in total. The molecular weight excluding hydrogens is 296 g/mol. The van der Waals surface area contributed by atoms with Gasteiger partial charge in [-0.15, -0.1) is 11.3 Å². The first-order valence-electron chi connectivity index (χ1n) is 6.10. The maximum atomic E-state index is 12.4. The zero-order valence-corrected chi connectivity index (χ0v) is 12.9. The summed E-state index contributed by atoms with van der Waals surface area (Å²) >= 11 is 1.61. The van der Waals surface area contributed by atoms with Crippen molar-refractivity contribution in [1.82, 2.24) is 9.29 Å². The molecule has 0 aliphatic rings. The van der Waals surface area contributed by atoms with E-state index in [9.17, 15) is 13.2 Å². The zero-order valence-electron chi connectivity index (χ0n) is 11.2. The molecule has 20 heavy (non-hydrogen) atoms. The number of pyridine rings is 1. The molecular formula is C13H16N2O3S2. The van der Waals surface area contributed by atoms with E-state index >= 15 is 0 Å². The molecule has 0 bridgehead atoms. The Kier molecular flexibility index (Phi) is 4.42. The van der Waals surface area contributed by atoms with Crippen LogP contribution in [0.5, 0.6) is 0 Å². The molecule has 2 heterocycles. The lowest BCUT2D eigenvalue weighted by molar-refractivity contribution is 0.388. The Morgan fingerprint density at radius 1 is 1.35 bits per heavy atom. The van der Waals surface area contributed by atoms with Gasteiger partial charge in [0.1, 0.15) is 0 Å². The van der Waals surface area contributed by atoms with Gasteiger partial charge in [-0.25, -0.2) is 8.42 Å². The summed E-state index contributed by atoms with van der Waals surface area (Å²) in [6.45, 7) is 1.86. The van der Waals surface area contributed by atoms with Crippen LogP contribution in [0, 0.1) is 0 Å². The molecule has 0 saturated heterocycles. The molecule has 0 radical (unpaired) electrons. The SMILES string of the molecule is CC(Cc1cccs1)N(C)S(=O)(=O)c1ccc(=O)[nH]c1. The first-order chi connectivity index (χ1) is 9.41. The first kappa shape index (κ1) is 15.0. The highest BCUT2D eigenvalue weighted by Crippen LogP contribution is 2.19. The third-order valence-corrected chi connectivity index (χ3v) is 6.00. The fraction of sp³-hybridized carbons (Fsp3) is 0.308. The molecule has 0 amide bonds. The Bertz CT molecular complexity index is 700. The smallest absolute Gasteiger partial charge is 0.247 e. The van der Waals surface area contributed by atoms with Gasteiger partial charge in [0, 0.05) is 30.2 Å². The Labute approximate surface area is 121 Å². The molecule has 7 heteroatoms. The van der Waals surface area contributed by atoms with Crippen LogP contribution in [0.2, 0.25) is 0 Å². The van der Waals surface area contributed by atoms with Crippen molar-refractivity contribution < 1.29 is 8.42 Å². The van der Waals surface area contributed by atoms with Crippen molar-refractivity contribution in [2.24, 2.45) is 0 Å². The van der Waals surface area contributed by atoms with Gasteiger partial charge in [-0.3, -0.25) is 4.79 Å². The lowest BCUT2D eigenvalue weighted by atomic mass is 10.2. The van der Waals surface area contributed by atoms with Crippen LogP contribution < -0.4 is 5.56 Å². The number of aromatic nitrogens is 1. The fourth-order valence-electron chi connectivity index (χ4n) is 1.81. The minimum absolute atomic E-state index is 0.0950. The Hall–Kier alpha value is -1.44. The molecule has 0 spiro atoms. The van der Waals surface area contributed by atoms with Gasteiger partial charge in [-0.2, -0.15) is 4.31 Å². The summed E-state index contributed by atoms with van der Waals surface area (Å²) in [5, 5.41) is 1.97. The quantitative estimate of drug-likeness (QED) is 0.913. The number of nitrogens with zero attached hydrogens (tertiary/aromatic N) is 1. The van der Waals surface area contributed by atoms with Gasteiger partial charge in [0.25, 0.3) is 0 Å². The van der Waals surface area contributed by atoms with E-state index in [1.165, 1.54) is 22.6 Å². The molecule has 1 N–H and O–H groups in total. The van der Waals surface area contributed by atoms with Crippen LogP contribution in [-0.4, -0.2) is 30.8 Å². The third-order valence-electron chi connectivity index (χ3n) is 3.13. The van der Waals surface area contributed by atoms with Crippen LogP contribution in [0.1, 0.15) is 11.8 Å². The van der Waals surface area contributed by atoms with Crippen molar-refractivity contribution in [2.75, 3.05) is 7.05 Å². The van der Waals surface area contributed by atoms with Crippen LogP contribution in [0.3, 0.4) is 0 Å². The lowest BCUT2D eigenvalue weighted by Crippen LogP contribution is -2.36. The molecule has 0 aliphatic heterocycles. The first-order valence-corrected chi connectivity index (χ1v) is 8.42. The number of hydrogen-bond acceptors (Lipinski definition) is 4. The summed E-state index contributed by atoms with van der Waals surface area (Å²) in [4.78, 5) is 14.6. The minimum atomic E-state index is -3.59. The van der Waals surface area contributed by atoms with Crippen molar-refractivity contribution in [3.05, 3.63) is 51.1 Å². The van der Waals surface area contributed by atoms with E-state index in [2.05, 4.69) is 4.98 Å². The topological polar surface area (TPSA) is 70.2 Å². The van der Waals surface area contributed by atoms with Gasteiger partial charge in [0.05, 0.1) is 4.90 Å². The van der Waals surface area contributed by atoms with Gasteiger partial charge in [0.2, 0.25) is 15.6 Å². The number of H-pyrrole nitrogens is 1. The second-order valence-corrected chi connectivity index (χ2v) is 7.57.